The molecule has 0 aromatic heterocycles. The first kappa shape index (κ1) is 14.5. The molecule has 0 amide bonds. The minimum Gasteiger partial charge on any atom is -0.312 e. The van der Waals surface area contributed by atoms with Gasteiger partial charge in [0, 0.05) is 11.6 Å². The Hall–Kier alpha value is -0.530. The van der Waals surface area contributed by atoms with Gasteiger partial charge in [0.2, 0.25) is 0 Å². The summed E-state index contributed by atoms with van der Waals surface area (Å²) in [7, 11) is 0. The van der Waals surface area contributed by atoms with E-state index in [9.17, 15) is 0 Å². The Labute approximate surface area is 111 Å². The van der Waals surface area contributed by atoms with Crippen LogP contribution in [0.1, 0.15) is 33.3 Å². The van der Waals surface area contributed by atoms with Gasteiger partial charge in [-0.1, -0.05) is 57.5 Å². The van der Waals surface area contributed by atoms with Gasteiger partial charge in [0.1, 0.15) is 0 Å². The highest BCUT2D eigenvalue weighted by Gasteiger charge is 2.16. The lowest BCUT2D eigenvalue weighted by atomic mass is 9.85. The van der Waals surface area contributed by atoms with Crippen LogP contribution in [0.3, 0.4) is 0 Å². The van der Waals surface area contributed by atoms with Gasteiger partial charge >= 0.3 is 0 Å². The third-order valence-corrected chi connectivity index (χ3v) is 3.73. The maximum atomic E-state index is 6.12. The van der Waals surface area contributed by atoms with E-state index in [-0.39, 0.29) is 0 Å². The van der Waals surface area contributed by atoms with Gasteiger partial charge in [0.15, 0.2) is 0 Å². The molecule has 17 heavy (non-hydrogen) atoms. The van der Waals surface area contributed by atoms with Crippen molar-refractivity contribution in [3.05, 3.63) is 34.9 Å². The van der Waals surface area contributed by atoms with Crippen molar-refractivity contribution in [1.82, 2.24) is 5.32 Å². The number of hydrogen-bond donors (Lipinski definition) is 1. The van der Waals surface area contributed by atoms with Crippen molar-refractivity contribution in [1.29, 1.82) is 0 Å². The van der Waals surface area contributed by atoms with Crippen LogP contribution in [0.15, 0.2) is 24.3 Å². The molecule has 0 saturated carbocycles. The summed E-state index contributed by atoms with van der Waals surface area (Å²) in [6.07, 6.45) is 0. The van der Waals surface area contributed by atoms with Gasteiger partial charge in [0.25, 0.3) is 0 Å². The van der Waals surface area contributed by atoms with Crippen molar-refractivity contribution in [3.8, 4) is 0 Å². The molecule has 1 aromatic rings. The fourth-order valence-corrected chi connectivity index (χ4v) is 2.46. The summed E-state index contributed by atoms with van der Waals surface area (Å²) in [6, 6.07) is 8.03. The highest BCUT2D eigenvalue weighted by Crippen LogP contribution is 2.20. The first-order chi connectivity index (χ1) is 8.02. The van der Waals surface area contributed by atoms with Gasteiger partial charge in [-0.2, -0.15) is 0 Å². The maximum absolute atomic E-state index is 6.12. The predicted molar refractivity (Wildman–Crippen MR) is 76.3 cm³/mol. The van der Waals surface area contributed by atoms with Crippen molar-refractivity contribution < 1.29 is 0 Å². The number of halogens is 1. The molecular weight excluding hydrogens is 230 g/mol. The Morgan fingerprint density at radius 2 is 1.65 bits per heavy atom. The molecule has 0 aliphatic carbocycles. The molecule has 0 aliphatic heterocycles. The number of rotatable bonds is 6. The summed E-state index contributed by atoms with van der Waals surface area (Å²) in [5, 5.41) is 4.37. The Morgan fingerprint density at radius 3 is 2.18 bits per heavy atom. The third kappa shape index (κ3) is 4.69. The lowest BCUT2D eigenvalue weighted by Crippen LogP contribution is -2.29. The third-order valence-electron chi connectivity index (χ3n) is 3.37. The highest BCUT2D eigenvalue weighted by molar-refractivity contribution is 6.31. The molecule has 1 aromatic carbocycles. The van der Waals surface area contributed by atoms with Crippen molar-refractivity contribution in [3.63, 3.8) is 0 Å². The highest BCUT2D eigenvalue weighted by atomic mass is 35.5. The first-order valence-corrected chi connectivity index (χ1v) is 6.84. The quantitative estimate of drug-likeness (QED) is 0.795. The van der Waals surface area contributed by atoms with E-state index >= 15 is 0 Å². The van der Waals surface area contributed by atoms with E-state index < -0.39 is 0 Å². The summed E-state index contributed by atoms with van der Waals surface area (Å²) in [5.74, 6) is 2.15. The van der Waals surface area contributed by atoms with Gasteiger partial charge < -0.3 is 5.32 Å². The first-order valence-electron chi connectivity index (χ1n) is 6.46. The number of hydrogen-bond acceptors (Lipinski definition) is 1. The van der Waals surface area contributed by atoms with E-state index in [2.05, 4.69) is 39.1 Å². The van der Waals surface area contributed by atoms with Crippen LogP contribution >= 0.6 is 11.6 Å². The molecule has 0 bridgehead atoms. The molecule has 0 fully saturated rings. The molecule has 0 radical (unpaired) electrons. The van der Waals surface area contributed by atoms with Crippen molar-refractivity contribution in [2.75, 3.05) is 6.54 Å². The molecule has 1 rings (SSSR count). The smallest absolute Gasteiger partial charge is 0.0450 e. The normalized spacial score (nSPS) is 11.8. The zero-order chi connectivity index (χ0) is 12.8. The van der Waals surface area contributed by atoms with Crippen LogP contribution in [-0.4, -0.2) is 6.54 Å². The van der Waals surface area contributed by atoms with Gasteiger partial charge in [-0.15, -0.1) is 0 Å². The molecule has 0 atom stereocenters. The Balaban J connectivity index is 2.44. The van der Waals surface area contributed by atoms with Crippen LogP contribution in [-0.2, 0) is 6.54 Å². The Morgan fingerprint density at radius 1 is 1.06 bits per heavy atom. The fraction of sp³-hybridized carbons (Fsp3) is 0.600. The van der Waals surface area contributed by atoms with Crippen LogP contribution in [0.2, 0.25) is 5.02 Å². The van der Waals surface area contributed by atoms with Gasteiger partial charge in [-0.3, -0.25) is 0 Å². The van der Waals surface area contributed by atoms with E-state index in [1.54, 1.807) is 0 Å². The van der Waals surface area contributed by atoms with Crippen LogP contribution in [0.4, 0.5) is 0 Å². The summed E-state index contributed by atoms with van der Waals surface area (Å²) in [4.78, 5) is 0. The molecule has 0 aliphatic rings. The largest absolute Gasteiger partial charge is 0.312 e. The second-order valence-corrected chi connectivity index (χ2v) is 5.78. The minimum atomic E-state index is 0.716. The lowest BCUT2D eigenvalue weighted by Gasteiger charge is -2.25. The van der Waals surface area contributed by atoms with Crippen molar-refractivity contribution in [2.45, 2.75) is 34.2 Å². The zero-order valence-corrected chi connectivity index (χ0v) is 12.1. The summed E-state index contributed by atoms with van der Waals surface area (Å²) < 4.78 is 0. The van der Waals surface area contributed by atoms with E-state index in [4.69, 9.17) is 11.6 Å². The number of nitrogens with one attached hydrogen (secondary N) is 1. The predicted octanol–water partition coefficient (Wildman–Crippen LogP) is 4.36. The molecule has 2 heteroatoms. The zero-order valence-electron chi connectivity index (χ0n) is 11.3. The fourth-order valence-electron chi connectivity index (χ4n) is 2.26. The van der Waals surface area contributed by atoms with Crippen LogP contribution in [0.25, 0.3) is 0 Å². The topological polar surface area (TPSA) is 12.0 Å². The molecule has 0 heterocycles. The average molecular weight is 254 g/mol. The summed E-state index contributed by atoms with van der Waals surface area (Å²) in [6.45, 7) is 11.1. The van der Waals surface area contributed by atoms with E-state index in [0.717, 1.165) is 24.0 Å². The van der Waals surface area contributed by atoms with E-state index in [0.29, 0.717) is 11.8 Å². The minimum absolute atomic E-state index is 0.716. The molecular formula is C15H24ClN. The summed E-state index contributed by atoms with van der Waals surface area (Å²) in [5.41, 5.74) is 1.18. The van der Waals surface area contributed by atoms with Crippen molar-refractivity contribution >= 4 is 11.6 Å². The van der Waals surface area contributed by atoms with E-state index in [1.165, 1.54) is 5.56 Å². The molecule has 0 spiro atoms. The van der Waals surface area contributed by atoms with Gasteiger partial charge in [-0.05, 0) is 35.9 Å². The lowest BCUT2D eigenvalue weighted by molar-refractivity contribution is 0.275. The molecule has 0 saturated heterocycles. The number of benzene rings is 1. The second-order valence-electron chi connectivity index (χ2n) is 5.37. The van der Waals surface area contributed by atoms with Crippen LogP contribution in [0, 0.1) is 17.8 Å². The van der Waals surface area contributed by atoms with Crippen LogP contribution < -0.4 is 5.32 Å². The Bertz CT molecular complexity index is 325. The Kier molecular flexibility index (Phi) is 6.01. The standard InChI is InChI=1S/C15H24ClN/c1-11(2)14(12(3)4)10-17-9-13-7-5-6-8-15(13)16/h5-8,11-12,14,17H,9-10H2,1-4H3. The van der Waals surface area contributed by atoms with Crippen LogP contribution in [0.5, 0.6) is 0 Å². The average Bonchev–Trinajstić information content (AvgIpc) is 2.25. The van der Waals surface area contributed by atoms with Crippen molar-refractivity contribution in [2.24, 2.45) is 17.8 Å². The maximum Gasteiger partial charge on any atom is 0.0450 e. The van der Waals surface area contributed by atoms with Gasteiger partial charge in [0.05, 0.1) is 0 Å². The molecule has 1 N–H and O–H groups in total. The second kappa shape index (κ2) is 7.03. The monoisotopic (exact) mass is 253 g/mol. The molecule has 1 nitrogen and oxygen atoms in total. The van der Waals surface area contributed by atoms with E-state index in [1.807, 2.05) is 18.2 Å². The molecule has 0 unspecified atom stereocenters. The SMILES string of the molecule is CC(C)C(CNCc1ccccc1Cl)C(C)C. The summed E-state index contributed by atoms with van der Waals surface area (Å²) >= 11 is 6.12. The van der Waals surface area contributed by atoms with Gasteiger partial charge in [-0.25, -0.2) is 0 Å². The molecule has 96 valence electrons.